The molecule has 2 atom stereocenters. The number of aryl methyl sites for hydroxylation is 1. The van der Waals surface area contributed by atoms with Gasteiger partial charge in [0.25, 0.3) is 0 Å². The molecular formula is C15H16N4OS2. The molecule has 0 aliphatic carbocycles. The first-order valence-electron chi connectivity index (χ1n) is 6.89. The number of nitrogens with zero attached hydrogens (tertiary/aromatic N) is 4. The Bertz CT molecular complexity index is 782. The quantitative estimate of drug-likeness (QED) is 0.720. The van der Waals surface area contributed by atoms with Crippen molar-refractivity contribution in [3.05, 3.63) is 58.3 Å². The molecule has 3 aromatic rings. The third-order valence-corrected chi connectivity index (χ3v) is 6.02. The lowest BCUT2D eigenvalue weighted by atomic mass is 10.3. The lowest BCUT2D eigenvalue weighted by molar-refractivity contribution is 0.674. The molecule has 0 radical (unpaired) electrons. The van der Waals surface area contributed by atoms with Gasteiger partial charge in [-0.25, -0.2) is 9.67 Å². The summed E-state index contributed by atoms with van der Waals surface area (Å²) in [6.45, 7) is 3.87. The van der Waals surface area contributed by atoms with Crippen molar-refractivity contribution in [2.45, 2.75) is 24.9 Å². The van der Waals surface area contributed by atoms with Gasteiger partial charge in [0.15, 0.2) is 0 Å². The molecule has 2 aromatic heterocycles. The maximum atomic E-state index is 12.5. The molecule has 0 saturated heterocycles. The van der Waals surface area contributed by atoms with E-state index in [1.54, 1.807) is 22.2 Å². The van der Waals surface area contributed by atoms with Gasteiger partial charge in [0.05, 0.1) is 33.6 Å². The van der Waals surface area contributed by atoms with E-state index in [0.29, 0.717) is 5.75 Å². The van der Waals surface area contributed by atoms with E-state index < -0.39 is 10.8 Å². The predicted octanol–water partition coefficient (Wildman–Crippen LogP) is 3.04. The van der Waals surface area contributed by atoms with Crippen LogP contribution in [0.2, 0.25) is 0 Å². The molecule has 3 rings (SSSR count). The maximum absolute atomic E-state index is 12.5. The molecule has 0 N–H and O–H groups in total. The molecule has 5 nitrogen and oxygen atoms in total. The van der Waals surface area contributed by atoms with Crippen molar-refractivity contribution in [3.63, 3.8) is 0 Å². The maximum Gasteiger partial charge on any atom is 0.0984 e. The molecule has 0 saturated carbocycles. The second-order valence-corrected chi connectivity index (χ2v) is 8.01. The SMILES string of the molecule is Cc1ncc(CS(=O)C(C)c2cn(-c3ccccc3)nn2)s1. The average Bonchev–Trinajstić information content (AvgIpc) is 3.17. The van der Waals surface area contributed by atoms with Crippen LogP contribution >= 0.6 is 11.3 Å². The predicted molar refractivity (Wildman–Crippen MR) is 88.5 cm³/mol. The van der Waals surface area contributed by atoms with Crippen molar-refractivity contribution in [2.24, 2.45) is 0 Å². The van der Waals surface area contributed by atoms with Crippen molar-refractivity contribution >= 4 is 22.1 Å². The third kappa shape index (κ3) is 3.31. The van der Waals surface area contributed by atoms with Gasteiger partial charge in [-0.3, -0.25) is 4.21 Å². The number of benzene rings is 1. The van der Waals surface area contributed by atoms with E-state index in [2.05, 4.69) is 15.3 Å². The molecule has 0 bridgehead atoms. The molecule has 0 fully saturated rings. The van der Waals surface area contributed by atoms with Gasteiger partial charge in [0.1, 0.15) is 0 Å². The van der Waals surface area contributed by atoms with Gasteiger partial charge in [0.2, 0.25) is 0 Å². The molecule has 0 spiro atoms. The van der Waals surface area contributed by atoms with Crippen molar-refractivity contribution in [1.29, 1.82) is 0 Å². The minimum absolute atomic E-state index is 0.167. The Balaban J connectivity index is 1.73. The Morgan fingerprint density at radius 3 is 2.77 bits per heavy atom. The Kier molecular flexibility index (Phi) is 4.44. The van der Waals surface area contributed by atoms with Gasteiger partial charge in [-0.2, -0.15) is 0 Å². The van der Waals surface area contributed by atoms with Crippen LogP contribution in [-0.4, -0.2) is 24.2 Å². The first-order chi connectivity index (χ1) is 10.6. The highest BCUT2D eigenvalue weighted by molar-refractivity contribution is 7.84. The fourth-order valence-electron chi connectivity index (χ4n) is 2.04. The fourth-order valence-corrected chi connectivity index (χ4v) is 4.20. The van der Waals surface area contributed by atoms with Crippen LogP contribution in [0.25, 0.3) is 5.69 Å². The minimum atomic E-state index is -1.04. The molecule has 0 aliphatic heterocycles. The Morgan fingerprint density at radius 2 is 2.09 bits per heavy atom. The summed E-state index contributed by atoms with van der Waals surface area (Å²) in [4.78, 5) is 5.24. The van der Waals surface area contributed by atoms with Crippen LogP contribution in [0.5, 0.6) is 0 Å². The Morgan fingerprint density at radius 1 is 1.32 bits per heavy atom. The monoisotopic (exact) mass is 332 g/mol. The summed E-state index contributed by atoms with van der Waals surface area (Å²) >= 11 is 1.59. The summed E-state index contributed by atoms with van der Waals surface area (Å²) in [6.07, 6.45) is 3.64. The smallest absolute Gasteiger partial charge is 0.0984 e. The molecule has 0 amide bonds. The van der Waals surface area contributed by atoms with Crippen LogP contribution in [0.15, 0.2) is 42.7 Å². The van der Waals surface area contributed by atoms with E-state index in [0.717, 1.165) is 21.3 Å². The van der Waals surface area contributed by atoms with E-state index in [9.17, 15) is 4.21 Å². The van der Waals surface area contributed by atoms with E-state index in [4.69, 9.17) is 0 Å². The van der Waals surface area contributed by atoms with Gasteiger partial charge in [-0.1, -0.05) is 23.4 Å². The average molecular weight is 332 g/mol. The minimum Gasteiger partial charge on any atom is -0.259 e. The van der Waals surface area contributed by atoms with Crippen LogP contribution in [0.4, 0.5) is 0 Å². The zero-order valence-electron chi connectivity index (χ0n) is 12.3. The molecule has 2 heterocycles. The summed E-state index contributed by atoms with van der Waals surface area (Å²) in [6, 6.07) is 9.77. The molecule has 0 aliphatic rings. The van der Waals surface area contributed by atoms with Gasteiger partial charge >= 0.3 is 0 Å². The van der Waals surface area contributed by atoms with Crippen molar-refractivity contribution in [1.82, 2.24) is 20.0 Å². The first kappa shape index (κ1) is 15.1. The molecule has 7 heteroatoms. The van der Waals surface area contributed by atoms with Crippen molar-refractivity contribution in [3.8, 4) is 5.69 Å². The fraction of sp³-hybridized carbons (Fsp3) is 0.267. The van der Waals surface area contributed by atoms with Crippen LogP contribution in [0.3, 0.4) is 0 Å². The Labute approximate surface area is 135 Å². The zero-order valence-corrected chi connectivity index (χ0v) is 14.0. The third-order valence-electron chi connectivity index (χ3n) is 3.30. The number of rotatable bonds is 5. The summed E-state index contributed by atoms with van der Waals surface area (Å²) in [5.74, 6) is 0.505. The van der Waals surface area contributed by atoms with Gasteiger partial charge in [0, 0.05) is 21.9 Å². The normalized spacial score (nSPS) is 13.9. The van der Waals surface area contributed by atoms with Crippen LogP contribution in [-0.2, 0) is 16.6 Å². The van der Waals surface area contributed by atoms with Crippen molar-refractivity contribution < 1.29 is 4.21 Å². The number of hydrogen-bond donors (Lipinski definition) is 0. The second kappa shape index (κ2) is 6.50. The largest absolute Gasteiger partial charge is 0.259 e. The summed E-state index contributed by atoms with van der Waals surface area (Å²) in [5, 5.41) is 9.12. The summed E-state index contributed by atoms with van der Waals surface area (Å²) < 4.78 is 14.2. The molecule has 22 heavy (non-hydrogen) atoms. The van der Waals surface area contributed by atoms with Crippen molar-refractivity contribution in [2.75, 3.05) is 0 Å². The van der Waals surface area contributed by atoms with Crippen LogP contribution in [0, 0.1) is 6.92 Å². The lowest BCUT2D eigenvalue weighted by Gasteiger charge is -2.06. The molecule has 1 aromatic carbocycles. The van der Waals surface area contributed by atoms with E-state index >= 15 is 0 Å². The number of para-hydroxylation sites is 1. The second-order valence-electron chi connectivity index (χ2n) is 4.94. The Hall–Kier alpha value is -1.86. The summed E-state index contributed by atoms with van der Waals surface area (Å²) in [5.41, 5.74) is 1.68. The number of thiazole rings is 1. The van der Waals surface area contributed by atoms with Crippen LogP contribution < -0.4 is 0 Å². The highest BCUT2D eigenvalue weighted by atomic mass is 32.2. The number of aromatic nitrogens is 4. The zero-order chi connectivity index (χ0) is 15.5. The van der Waals surface area contributed by atoms with E-state index in [1.807, 2.05) is 50.4 Å². The molecule has 2 unspecified atom stereocenters. The van der Waals surface area contributed by atoms with Gasteiger partial charge in [-0.05, 0) is 26.0 Å². The molecule has 114 valence electrons. The first-order valence-corrected chi connectivity index (χ1v) is 9.09. The van der Waals surface area contributed by atoms with E-state index in [-0.39, 0.29) is 5.25 Å². The topological polar surface area (TPSA) is 60.7 Å². The highest BCUT2D eigenvalue weighted by Gasteiger charge is 2.18. The standard InChI is InChI=1S/C15H16N4OS2/c1-11(22(20)10-14-8-16-12(2)21-14)15-9-19(18-17-15)13-6-4-3-5-7-13/h3-9,11H,10H2,1-2H3. The summed E-state index contributed by atoms with van der Waals surface area (Å²) in [7, 11) is -1.04. The van der Waals surface area contributed by atoms with E-state index in [1.165, 1.54) is 0 Å². The van der Waals surface area contributed by atoms with Gasteiger partial charge in [-0.15, -0.1) is 16.4 Å². The van der Waals surface area contributed by atoms with Gasteiger partial charge < -0.3 is 0 Å². The molecular weight excluding hydrogens is 316 g/mol. The number of hydrogen-bond acceptors (Lipinski definition) is 5. The van der Waals surface area contributed by atoms with Crippen LogP contribution in [0.1, 0.15) is 27.8 Å². The highest BCUT2D eigenvalue weighted by Crippen LogP contribution is 2.23. The lowest BCUT2D eigenvalue weighted by Crippen LogP contribution is -2.05.